The van der Waals surface area contributed by atoms with Crippen molar-refractivity contribution in [1.82, 2.24) is 5.32 Å². The maximum absolute atomic E-state index is 12.1. The molecule has 0 aliphatic heterocycles. The third-order valence-electron chi connectivity index (χ3n) is 4.75. The second kappa shape index (κ2) is 8.03. The lowest BCUT2D eigenvalue weighted by molar-refractivity contribution is -0.138. The largest absolute Gasteiger partial charge is 0.481 e. The predicted octanol–water partition coefficient (Wildman–Crippen LogP) is 3.35. The maximum Gasteiger partial charge on any atom is 0.407 e. The standard InChI is InChI=1S/C21H21NO5/c1-13(19(23)10-11-20(24)25)22-21(26)27-12-18-16-8-4-2-6-14(16)15-7-3-5-9-17(15)18/h2-9,13,18H,10-12H2,1H3,(H,22,26)(H,24,25)/t13-/m0/s1. The molecule has 0 heterocycles. The number of amides is 1. The molecular weight excluding hydrogens is 346 g/mol. The molecule has 2 aromatic rings. The number of carbonyl (C=O) groups excluding carboxylic acids is 2. The van der Waals surface area contributed by atoms with Crippen LogP contribution in [-0.2, 0) is 14.3 Å². The Labute approximate surface area is 157 Å². The summed E-state index contributed by atoms with van der Waals surface area (Å²) >= 11 is 0. The molecule has 0 aromatic heterocycles. The Morgan fingerprint density at radius 1 is 1.00 bits per heavy atom. The molecule has 0 fully saturated rings. The van der Waals surface area contributed by atoms with Crippen LogP contribution in [0.25, 0.3) is 11.1 Å². The van der Waals surface area contributed by atoms with Gasteiger partial charge in [-0.25, -0.2) is 4.79 Å². The van der Waals surface area contributed by atoms with Gasteiger partial charge in [-0.15, -0.1) is 0 Å². The first-order valence-electron chi connectivity index (χ1n) is 8.83. The summed E-state index contributed by atoms with van der Waals surface area (Å²) in [7, 11) is 0. The average Bonchev–Trinajstić information content (AvgIpc) is 2.98. The van der Waals surface area contributed by atoms with Crippen LogP contribution in [0.4, 0.5) is 4.79 Å². The van der Waals surface area contributed by atoms with Gasteiger partial charge in [-0.05, 0) is 29.2 Å². The van der Waals surface area contributed by atoms with Crippen molar-refractivity contribution in [2.24, 2.45) is 0 Å². The summed E-state index contributed by atoms with van der Waals surface area (Å²) in [4.78, 5) is 34.4. The second-order valence-corrected chi connectivity index (χ2v) is 6.55. The van der Waals surface area contributed by atoms with Crippen molar-refractivity contribution in [3.63, 3.8) is 0 Å². The van der Waals surface area contributed by atoms with Crippen LogP contribution in [0.3, 0.4) is 0 Å². The van der Waals surface area contributed by atoms with E-state index in [1.54, 1.807) is 0 Å². The SMILES string of the molecule is C[C@H](NC(=O)OCC1c2ccccc2-c2ccccc21)C(=O)CCC(=O)O. The summed E-state index contributed by atoms with van der Waals surface area (Å²) in [6.45, 7) is 1.68. The van der Waals surface area contributed by atoms with Gasteiger partial charge in [0.15, 0.2) is 5.78 Å². The number of fused-ring (bicyclic) bond motifs is 3. The highest BCUT2D eigenvalue weighted by atomic mass is 16.5. The minimum absolute atomic E-state index is 0.0545. The van der Waals surface area contributed by atoms with Crippen molar-refractivity contribution >= 4 is 17.8 Å². The molecule has 2 N–H and O–H groups in total. The molecule has 0 bridgehead atoms. The number of rotatable bonds is 7. The molecule has 140 valence electrons. The van der Waals surface area contributed by atoms with E-state index in [1.165, 1.54) is 6.92 Å². The van der Waals surface area contributed by atoms with E-state index in [9.17, 15) is 14.4 Å². The Morgan fingerprint density at radius 2 is 1.56 bits per heavy atom. The minimum atomic E-state index is -1.04. The predicted molar refractivity (Wildman–Crippen MR) is 99.5 cm³/mol. The number of ketones is 1. The fourth-order valence-electron chi connectivity index (χ4n) is 3.34. The number of carbonyl (C=O) groups is 3. The molecule has 1 atom stereocenters. The number of benzene rings is 2. The molecule has 0 saturated heterocycles. The van der Waals surface area contributed by atoms with E-state index >= 15 is 0 Å². The molecular formula is C21H21NO5. The van der Waals surface area contributed by atoms with Crippen molar-refractivity contribution < 1.29 is 24.2 Å². The van der Waals surface area contributed by atoms with Crippen LogP contribution in [0, 0.1) is 0 Å². The number of hydrogen-bond donors (Lipinski definition) is 2. The number of nitrogens with one attached hydrogen (secondary N) is 1. The number of ether oxygens (including phenoxy) is 1. The molecule has 6 heteroatoms. The van der Waals surface area contributed by atoms with E-state index < -0.39 is 18.1 Å². The molecule has 3 rings (SSSR count). The Hall–Kier alpha value is -3.15. The topological polar surface area (TPSA) is 92.7 Å². The van der Waals surface area contributed by atoms with Gasteiger partial charge in [0.2, 0.25) is 0 Å². The third-order valence-corrected chi connectivity index (χ3v) is 4.75. The monoisotopic (exact) mass is 367 g/mol. The smallest absolute Gasteiger partial charge is 0.407 e. The van der Waals surface area contributed by atoms with Crippen LogP contribution in [0.1, 0.15) is 36.8 Å². The lowest BCUT2D eigenvalue weighted by Gasteiger charge is -2.16. The molecule has 2 aromatic carbocycles. The summed E-state index contributed by atoms with van der Waals surface area (Å²) in [6.07, 6.45) is -1.07. The van der Waals surface area contributed by atoms with E-state index in [4.69, 9.17) is 9.84 Å². The molecule has 27 heavy (non-hydrogen) atoms. The first kappa shape index (κ1) is 18.6. The fourth-order valence-corrected chi connectivity index (χ4v) is 3.34. The number of carboxylic acids is 1. The summed E-state index contributed by atoms with van der Waals surface area (Å²) in [5.74, 6) is -1.44. The summed E-state index contributed by atoms with van der Waals surface area (Å²) in [5, 5.41) is 11.1. The highest BCUT2D eigenvalue weighted by Gasteiger charge is 2.29. The number of hydrogen-bond acceptors (Lipinski definition) is 4. The molecule has 0 unspecified atom stereocenters. The normalized spacial score (nSPS) is 13.4. The van der Waals surface area contributed by atoms with Gasteiger partial charge in [0.25, 0.3) is 0 Å². The van der Waals surface area contributed by atoms with Crippen LogP contribution in [-0.4, -0.2) is 35.6 Å². The number of carboxylic acid groups (broad SMARTS) is 1. The number of aliphatic carboxylic acids is 1. The van der Waals surface area contributed by atoms with Crippen molar-refractivity contribution in [1.29, 1.82) is 0 Å². The molecule has 0 radical (unpaired) electrons. The van der Waals surface area contributed by atoms with Crippen LogP contribution >= 0.6 is 0 Å². The molecule has 1 aliphatic carbocycles. The summed E-state index contributed by atoms with van der Waals surface area (Å²) in [6, 6.07) is 15.3. The zero-order valence-electron chi connectivity index (χ0n) is 15.0. The number of alkyl carbamates (subject to hydrolysis) is 1. The fraction of sp³-hybridized carbons (Fsp3) is 0.286. The van der Waals surface area contributed by atoms with Gasteiger partial charge >= 0.3 is 12.1 Å². The van der Waals surface area contributed by atoms with Gasteiger partial charge in [0, 0.05) is 12.3 Å². The Kier molecular flexibility index (Phi) is 5.54. The molecule has 1 amide bonds. The van der Waals surface area contributed by atoms with E-state index in [0.717, 1.165) is 22.3 Å². The molecule has 1 aliphatic rings. The van der Waals surface area contributed by atoms with Gasteiger partial charge in [0.1, 0.15) is 6.61 Å². The van der Waals surface area contributed by atoms with Crippen LogP contribution in [0.15, 0.2) is 48.5 Å². The van der Waals surface area contributed by atoms with Gasteiger partial charge in [0.05, 0.1) is 12.5 Å². The lowest BCUT2D eigenvalue weighted by atomic mass is 9.98. The molecule has 0 spiro atoms. The third kappa shape index (κ3) is 4.16. The summed E-state index contributed by atoms with van der Waals surface area (Å²) < 4.78 is 5.37. The van der Waals surface area contributed by atoms with E-state index in [1.807, 2.05) is 36.4 Å². The minimum Gasteiger partial charge on any atom is -0.481 e. The van der Waals surface area contributed by atoms with Crippen LogP contribution in [0.2, 0.25) is 0 Å². The maximum atomic E-state index is 12.1. The zero-order valence-corrected chi connectivity index (χ0v) is 15.0. The zero-order chi connectivity index (χ0) is 19.4. The quantitative estimate of drug-likeness (QED) is 0.783. The second-order valence-electron chi connectivity index (χ2n) is 6.55. The van der Waals surface area contributed by atoms with Crippen molar-refractivity contribution in [3.8, 4) is 11.1 Å². The van der Waals surface area contributed by atoms with Gasteiger partial charge in [-0.2, -0.15) is 0 Å². The Bertz CT molecular complexity index is 831. The Balaban J connectivity index is 1.61. The van der Waals surface area contributed by atoms with Crippen molar-refractivity contribution in [2.45, 2.75) is 31.7 Å². The van der Waals surface area contributed by atoms with E-state index in [0.29, 0.717) is 0 Å². The van der Waals surface area contributed by atoms with Crippen molar-refractivity contribution in [3.05, 3.63) is 59.7 Å². The van der Waals surface area contributed by atoms with Crippen LogP contribution < -0.4 is 5.32 Å². The van der Waals surface area contributed by atoms with Crippen LogP contribution in [0.5, 0.6) is 0 Å². The molecule has 6 nitrogen and oxygen atoms in total. The first-order valence-corrected chi connectivity index (χ1v) is 8.83. The highest BCUT2D eigenvalue weighted by Crippen LogP contribution is 2.44. The lowest BCUT2D eigenvalue weighted by Crippen LogP contribution is -2.39. The number of Topliss-reactive ketones (excluding diaryl/α,β-unsaturated/α-hetero) is 1. The van der Waals surface area contributed by atoms with E-state index in [2.05, 4.69) is 17.4 Å². The first-order chi connectivity index (χ1) is 13.0. The van der Waals surface area contributed by atoms with Gasteiger partial charge < -0.3 is 15.2 Å². The van der Waals surface area contributed by atoms with E-state index in [-0.39, 0.29) is 31.1 Å². The molecule has 0 saturated carbocycles. The van der Waals surface area contributed by atoms with Gasteiger partial charge in [-0.3, -0.25) is 9.59 Å². The van der Waals surface area contributed by atoms with Gasteiger partial charge in [-0.1, -0.05) is 48.5 Å². The Morgan fingerprint density at radius 3 is 2.11 bits per heavy atom. The summed E-state index contributed by atoms with van der Waals surface area (Å²) in [5.41, 5.74) is 4.49. The highest BCUT2D eigenvalue weighted by molar-refractivity contribution is 5.89. The van der Waals surface area contributed by atoms with Crippen molar-refractivity contribution in [2.75, 3.05) is 6.61 Å². The average molecular weight is 367 g/mol.